The van der Waals surface area contributed by atoms with E-state index in [9.17, 15) is 13.2 Å². The minimum Gasteiger partial charge on any atom is -0.487 e. The molecule has 12 heteroatoms. The molecule has 0 aliphatic heterocycles. The van der Waals surface area contributed by atoms with E-state index in [1.807, 2.05) is 30.3 Å². The van der Waals surface area contributed by atoms with E-state index in [-0.39, 0.29) is 16.6 Å². The van der Waals surface area contributed by atoms with Crippen molar-refractivity contribution in [1.29, 1.82) is 0 Å². The van der Waals surface area contributed by atoms with Gasteiger partial charge in [-0.25, -0.2) is 24.4 Å². The number of hydrogen-bond donors (Lipinski definition) is 4. The monoisotopic (exact) mass is 462 g/mol. The standard InChI is InChI=1S/C19H22N6O4S2/c20-13(10-25(22)16(18(21)26)8-12-4-2-1-3-5-12)11-29-14-6-7-15-17(9-14)30-19(24-15)31(23,27)28/h1-7,9-10,16H,8,11,20,22H2,(H2,21,26)(H2,23,27,28)/b13-10-. The van der Waals surface area contributed by atoms with Crippen molar-refractivity contribution in [3.05, 3.63) is 66.0 Å². The molecule has 0 aliphatic carbocycles. The SMILES string of the molecule is NC(=O)C(Cc1ccccc1)N(N)/C=C(\N)COc1ccc2nc(S(N)(=O)=O)sc2c1. The third-order valence-electron chi connectivity index (χ3n) is 4.26. The Balaban J connectivity index is 1.67. The van der Waals surface area contributed by atoms with E-state index >= 15 is 0 Å². The average Bonchev–Trinajstić information content (AvgIpc) is 3.15. The van der Waals surface area contributed by atoms with Crippen LogP contribution < -0.4 is 27.2 Å². The lowest BCUT2D eigenvalue weighted by atomic mass is 10.1. The zero-order valence-corrected chi connectivity index (χ0v) is 18.0. The Bertz CT molecular complexity index is 1210. The van der Waals surface area contributed by atoms with E-state index in [0.717, 1.165) is 16.9 Å². The molecule has 1 atom stereocenters. The van der Waals surface area contributed by atoms with E-state index in [1.54, 1.807) is 18.2 Å². The number of amides is 1. The first kappa shape index (κ1) is 22.5. The number of benzene rings is 2. The van der Waals surface area contributed by atoms with Crippen molar-refractivity contribution in [2.75, 3.05) is 6.61 Å². The molecule has 3 aromatic rings. The highest BCUT2D eigenvalue weighted by atomic mass is 32.2. The molecule has 0 spiro atoms. The van der Waals surface area contributed by atoms with E-state index in [0.29, 0.717) is 22.4 Å². The molecule has 0 bridgehead atoms. The summed E-state index contributed by atoms with van der Waals surface area (Å²) < 4.78 is 29.0. The normalized spacial score (nSPS) is 13.2. The van der Waals surface area contributed by atoms with Crippen molar-refractivity contribution in [2.24, 2.45) is 22.4 Å². The quantitative estimate of drug-likeness (QED) is 0.260. The number of thiazole rings is 1. The predicted octanol–water partition coefficient (Wildman–Crippen LogP) is 0.395. The van der Waals surface area contributed by atoms with Crippen LogP contribution in [-0.2, 0) is 21.2 Å². The highest BCUT2D eigenvalue weighted by Crippen LogP contribution is 2.28. The topological polar surface area (TPSA) is 181 Å². The van der Waals surface area contributed by atoms with Gasteiger partial charge in [0.1, 0.15) is 18.4 Å². The second-order valence-corrected chi connectivity index (χ2v) is 9.47. The lowest BCUT2D eigenvalue weighted by Gasteiger charge is -2.24. The maximum atomic E-state index is 11.8. The summed E-state index contributed by atoms with van der Waals surface area (Å²) in [4.78, 5) is 15.8. The maximum absolute atomic E-state index is 11.8. The molecule has 8 N–H and O–H groups in total. The van der Waals surface area contributed by atoms with Crippen molar-refractivity contribution in [3.8, 4) is 5.75 Å². The van der Waals surface area contributed by atoms with Gasteiger partial charge in [0.15, 0.2) is 0 Å². The maximum Gasteiger partial charge on any atom is 0.265 e. The molecule has 3 rings (SSSR count). The van der Waals surface area contributed by atoms with Gasteiger partial charge in [-0.05, 0) is 23.8 Å². The summed E-state index contributed by atoms with van der Waals surface area (Å²) in [5.41, 5.74) is 13.1. The van der Waals surface area contributed by atoms with Crippen molar-refractivity contribution in [3.63, 3.8) is 0 Å². The number of carbonyl (C=O) groups excluding carboxylic acids is 1. The van der Waals surface area contributed by atoms with Crippen LogP contribution in [0.5, 0.6) is 5.75 Å². The molecule has 164 valence electrons. The summed E-state index contributed by atoms with van der Waals surface area (Å²) in [6.07, 6.45) is 1.72. The Kier molecular flexibility index (Phi) is 6.75. The third kappa shape index (κ3) is 5.92. The molecule has 0 radical (unpaired) electrons. The van der Waals surface area contributed by atoms with E-state index < -0.39 is 22.0 Å². The Morgan fingerprint density at radius 2 is 1.90 bits per heavy atom. The van der Waals surface area contributed by atoms with Crippen molar-refractivity contribution in [1.82, 2.24) is 9.99 Å². The molecule has 0 saturated carbocycles. The summed E-state index contributed by atoms with van der Waals surface area (Å²) in [6.45, 7) is -0.0170. The first-order valence-electron chi connectivity index (χ1n) is 9.02. The third-order valence-corrected chi connectivity index (χ3v) is 6.60. The Morgan fingerprint density at radius 3 is 2.55 bits per heavy atom. The van der Waals surface area contributed by atoms with E-state index in [1.165, 1.54) is 11.2 Å². The number of rotatable bonds is 9. The fourth-order valence-electron chi connectivity index (χ4n) is 2.77. The van der Waals surface area contributed by atoms with Gasteiger partial charge in [0, 0.05) is 12.6 Å². The number of nitrogens with zero attached hydrogens (tertiary/aromatic N) is 2. The summed E-state index contributed by atoms with van der Waals surface area (Å²) >= 11 is 0.942. The minimum atomic E-state index is -3.87. The van der Waals surface area contributed by atoms with Crippen LogP contribution in [0.25, 0.3) is 10.2 Å². The van der Waals surface area contributed by atoms with Crippen molar-refractivity contribution >= 4 is 37.5 Å². The molecule has 31 heavy (non-hydrogen) atoms. The second kappa shape index (κ2) is 9.31. The second-order valence-electron chi connectivity index (χ2n) is 6.70. The molecule has 1 amide bonds. The molecule has 2 aromatic carbocycles. The molecule has 0 fully saturated rings. The Labute approximate surface area is 183 Å². The zero-order chi connectivity index (χ0) is 22.6. The van der Waals surface area contributed by atoms with Crippen molar-refractivity contribution in [2.45, 2.75) is 16.8 Å². The fourth-order valence-corrected chi connectivity index (χ4v) is 4.46. The number of hydrazine groups is 1. The smallest absolute Gasteiger partial charge is 0.265 e. The number of fused-ring (bicyclic) bond motifs is 1. The van der Waals surface area contributed by atoms with Gasteiger partial charge in [-0.3, -0.25) is 4.79 Å². The van der Waals surface area contributed by atoms with Crippen LogP contribution in [0.2, 0.25) is 0 Å². The fraction of sp³-hybridized carbons (Fsp3) is 0.158. The molecular weight excluding hydrogens is 440 g/mol. The van der Waals surface area contributed by atoms with Gasteiger partial charge in [0.2, 0.25) is 10.2 Å². The van der Waals surface area contributed by atoms with Crippen LogP contribution in [0.4, 0.5) is 0 Å². The molecule has 10 nitrogen and oxygen atoms in total. The van der Waals surface area contributed by atoms with Gasteiger partial charge in [0.05, 0.1) is 15.9 Å². The molecule has 1 aromatic heterocycles. The summed E-state index contributed by atoms with van der Waals surface area (Å²) in [5, 5.41) is 6.28. The molecular formula is C19H22N6O4S2. The Morgan fingerprint density at radius 1 is 1.19 bits per heavy atom. The van der Waals surface area contributed by atoms with Crippen molar-refractivity contribution < 1.29 is 17.9 Å². The number of ether oxygens (including phenoxy) is 1. The number of hydrogen-bond acceptors (Lipinski definition) is 9. The highest BCUT2D eigenvalue weighted by Gasteiger charge is 2.20. The minimum absolute atomic E-state index is 0.0170. The van der Waals surface area contributed by atoms with Crippen LogP contribution in [0.3, 0.4) is 0 Å². The largest absolute Gasteiger partial charge is 0.487 e. The number of nitrogens with two attached hydrogens (primary N) is 4. The number of sulfonamides is 1. The van der Waals surface area contributed by atoms with Gasteiger partial charge >= 0.3 is 0 Å². The van der Waals surface area contributed by atoms with Gasteiger partial charge in [0.25, 0.3) is 10.0 Å². The highest BCUT2D eigenvalue weighted by molar-refractivity contribution is 7.91. The van der Waals surface area contributed by atoms with Gasteiger partial charge in [-0.2, -0.15) is 0 Å². The van der Waals surface area contributed by atoms with Crippen LogP contribution in [0.1, 0.15) is 5.56 Å². The number of aromatic nitrogens is 1. The van der Waals surface area contributed by atoms with Gasteiger partial charge in [-0.15, -0.1) is 11.3 Å². The summed E-state index contributed by atoms with van der Waals surface area (Å²) in [5.74, 6) is 5.87. The summed E-state index contributed by atoms with van der Waals surface area (Å²) in [6, 6.07) is 13.4. The molecule has 0 aliphatic rings. The van der Waals surface area contributed by atoms with Crippen LogP contribution >= 0.6 is 11.3 Å². The Hall–Kier alpha value is -3.19. The first-order chi connectivity index (χ1) is 14.6. The predicted molar refractivity (Wildman–Crippen MR) is 118 cm³/mol. The van der Waals surface area contributed by atoms with Crippen LogP contribution in [0.15, 0.2) is 64.8 Å². The van der Waals surface area contributed by atoms with E-state index in [2.05, 4.69) is 4.98 Å². The average molecular weight is 463 g/mol. The van der Waals surface area contributed by atoms with Gasteiger partial charge in [-0.1, -0.05) is 30.3 Å². The molecule has 1 heterocycles. The molecule has 0 saturated heterocycles. The summed E-state index contributed by atoms with van der Waals surface area (Å²) in [7, 11) is -3.87. The molecule has 1 unspecified atom stereocenters. The number of primary amides is 1. The number of primary sulfonamides is 1. The lowest BCUT2D eigenvalue weighted by Crippen LogP contribution is -2.47. The lowest BCUT2D eigenvalue weighted by molar-refractivity contribution is -0.122. The van der Waals surface area contributed by atoms with Crippen LogP contribution in [-0.4, -0.2) is 37.0 Å². The van der Waals surface area contributed by atoms with Gasteiger partial charge < -0.3 is 21.2 Å². The number of carbonyl (C=O) groups is 1. The first-order valence-corrected chi connectivity index (χ1v) is 11.4. The zero-order valence-electron chi connectivity index (χ0n) is 16.3. The van der Waals surface area contributed by atoms with E-state index in [4.69, 9.17) is 27.2 Å². The van der Waals surface area contributed by atoms with Crippen LogP contribution in [0, 0.1) is 0 Å².